The van der Waals surface area contributed by atoms with E-state index >= 15 is 0 Å². The minimum Gasteiger partial charge on any atom is -0.378 e. The number of nitrogens with zero attached hydrogens (tertiary/aromatic N) is 3. The van der Waals surface area contributed by atoms with Gasteiger partial charge in [-0.25, -0.2) is 4.98 Å². The molecule has 1 aliphatic rings. The van der Waals surface area contributed by atoms with Gasteiger partial charge < -0.3 is 15.0 Å². The average molecular weight is 378 g/mol. The molecule has 0 radical (unpaired) electrons. The van der Waals surface area contributed by atoms with Crippen molar-refractivity contribution in [2.45, 2.75) is 26.8 Å². The molecule has 0 bridgehead atoms. The van der Waals surface area contributed by atoms with Crippen LogP contribution in [0, 0.1) is 6.92 Å². The average Bonchev–Trinajstić information content (AvgIpc) is 3.10. The molecule has 1 aliphatic heterocycles. The number of nitrogens with one attached hydrogen (secondary N) is 1. The number of pyridine rings is 1. The fraction of sp³-hybridized carbons (Fsp3) is 0.364. The third kappa shape index (κ3) is 3.73. The lowest BCUT2D eigenvalue weighted by Gasteiger charge is -2.28. The monoisotopic (exact) mass is 378 g/mol. The lowest BCUT2D eigenvalue weighted by molar-refractivity contribution is 0.0944. The van der Waals surface area contributed by atoms with Gasteiger partial charge in [0.05, 0.1) is 18.9 Å². The highest BCUT2D eigenvalue weighted by molar-refractivity contribution is 5.94. The number of morpholine rings is 1. The SMILES string of the molecule is CCc1nc2cc(C)ccn2c1C(=O)NCc1ccc(N2CCOCC2)cc1. The Kier molecular flexibility index (Phi) is 5.30. The second-order valence-electron chi connectivity index (χ2n) is 7.14. The second kappa shape index (κ2) is 8.02. The molecular formula is C22H26N4O2. The van der Waals surface area contributed by atoms with Gasteiger partial charge in [0.25, 0.3) is 5.91 Å². The summed E-state index contributed by atoms with van der Waals surface area (Å²) < 4.78 is 7.28. The molecule has 0 atom stereocenters. The number of ether oxygens (including phenoxy) is 1. The van der Waals surface area contributed by atoms with E-state index in [0.29, 0.717) is 12.2 Å². The molecule has 1 amide bonds. The Morgan fingerprint density at radius 3 is 2.64 bits per heavy atom. The molecule has 146 valence electrons. The maximum absolute atomic E-state index is 12.9. The number of hydrogen-bond acceptors (Lipinski definition) is 4. The van der Waals surface area contributed by atoms with Crippen LogP contribution in [-0.4, -0.2) is 41.6 Å². The van der Waals surface area contributed by atoms with Crippen molar-refractivity contribution in [2.24, 2.45) is 0 Å². The van der Waals surface area contributed by atoms with E-state index in [4.69, 9.17) is 4.74 Å². The van der Waals surface area contributed by atoms with Crippen LogP contribution in [0.1, 0.15) is 34.2 Å². The van der Waals surface area contributed by atoms with Gasteiger partial charge in [-0.2, -0.15) is 0 Å². The zero-order valence-corrected chi connectivity index (χ0v) is 16.4. The maximum Gasteiger partial charge on any atom is 0.270 e. The zero-order chi connectivity index (χ0) is 19.5. The van der Waals surface area contributed by atoms with E-state index < -0.39 is 0 Å². The number of hydrogen-bond donors (Lipinski definition) is 1. The van der Waals surface area contributed by atoms with Gasteiger partial charge in [-0.1, -0.05) is 19.1 Å². The number of aromatic nitrogens is 2. The van der Waals surface area contributed by atoms with Gasteiger partial charge in [0.15, 0.2) is 0 Å². The number of imidazole rings is 1. The summed E-state index contributed by atoms with van der Waals surface area (Å²) in [5.41, 5.74) is 5.68. The third-order valence-electron chi connectivity index (χ3n) is 5.17. The molecule has 4 rings (SSSR count). The predicted octanol–water partition coefficient (Wildman–Crippen LogP) is 2.97. The van der Waals surface area contributed by atoms with Crippen molar-refractivity contribution in [3.63, 3.8) is 0 Å². The molecule has 6 heteroatoms. The van der Waals surface area contributed by atoms with Gasteiger partial charge in [-0.05, 0) is 48.7 Å². The van der Waals surface area contributed by atoms with Crippen LogP contribution >= 0.6 is 0 Å². The van der Waals surface area contributed by atoms with Gasteiger partial charge in [0, 0.05) is 31.5 Å². The second-order valence-corrected chi connectivity index (χ2v) is 7.14. The molecule has 1 fully saturated rings. The first kappa shape index (κ1) is 18.5. The maximum atomic E-state index is 12.9. The summed E-state index contributed by atoms with van der Waals surface area (Å²) >= 11 is 0. The molecule has 0 unspecified atom stereocenters. The predicted molar refractivity (Wildman–Crippen MR) is 110 cm³/mol. The van der Waals surface area contributed by atoms with Crippen LogP contribution in [-0.2, 0) is 17.7 Å². The van der Waals surface area contributed by atoms with Crippen LogP contribution in [0.3, 0.4) is 0 Å². The topological polar surface area (TPSA) is 58.9 Å². The lowest BCUT2D eigenvalue weighted by Crippen LogP contribution is -2.36. The van der Waals surface area contributed by atoms with Gasteiger partial charge in [0.1, 0.15) is 11.3 Å². The first-order chi connectivity index (χ1) is 13.7. The van der Waals surface area contributed by atoms with E-state index in [0.717, 1.165) is 55.2 Å². The lowest BCUT2D eigenvalue weighted by atomic mass is 10.1. The molecule has 3 aromatic rings. The van der Waals surface area contributed by atoms with E-state index in [1.54, 1.807) is 0 Å². The Bertz CT molecular complexity index is 972. The highest BCUT2D eigenvalue weighted by Gasteiger charge is 2.18. The molecule has 1 N–H and O–H groups in total. The first-order valence-electron chi connectivity index (χ1n) is 9.83. The number of benzene rings is 1. The first-order valence-corrected chi connectivity index (χ1v) is 9.83. The standard InChI is InChI=1S/C22H26N4O2/c1-3-19-21(26-9-8-16(2)14-20(26)24-19)22(27)23-15-17-4-6-18(7-5-17)25-10-12-28-13-11-25/h4-9,14H,3,10-13,15H2,1-2H3,(H,23,27). The molecule has 0 saturated carbocycles. The summed E-state index contributed by atoms with van der Waals surface area (Å²) in [6.07, 6.45) is 2.64. The fourth-order valence-corrected chi connectivity index (χ4v) is 3.59. The smallest absolute Gasteiger partial charge is 0.270 e. The Morgan fingerprint density at radius 2 is 1.93 bits per heavy atom. The van der Waals surface area contributed by atoms with Crippen LogP contribution in [0.15, 0.2) is 42.6 Å². The van der Waals surface area contributed by atoms with Crippen molar-refractivity contribution in [1.82, 2.24) is 14.7 Å². The summed E-state index contributed by atoms with van der Waals surface area (Å²) in [4.78, 5) is 19.8. The van der Waals surface area contributed by atoms with E-state index in [2.05, 4.69) is 39.5 Å². The number of carbonyl (C=O) groups is 1. The van der Waals surface area contributed by atoms with Crippen molar-refractivity contribution in [3.8, 4) is 0 Å². The van der Waals surface area contributed by atoms with E-state index in [1.165, 1.54) is 5.69 Å². The minimum atomic E-state index is -0.0922. The number of fused-ring (bicyclic) bond motifs is 1. The van der Waals surface area contributed by atoms with Crippen molar-refractivity contribution in [1.29, 1.82) is 0 Å². The van der Waals surface area contributed by atoms with Gasteiger partial charge in [-0.15, -0.1) is 0 Å². The molecule has 3 heterocycles. The van der Waals surface area contributed by atoms with Crippen LogP contribution in [0.4, 0.5) is 5.69 Å². The normalized spacial score (nSPS) is 14.4. The molecule has 1 aromatic carbocycles. The number of aryl methyl sites for hydroxylation is 2. The number of rotatable bonds is 5. The molecule has 0 aliphatic carbocycles. The molecule has 1 saturated heterocycles. The summed E-state index contributed by atoms with van der Waals surface area (Å²) in [6.45, 7) is 7.93. The van der Waals surface area contributed by atoms with Crippen LogP contribution in [0.5, 0.6) is 0 Å². The van der Waals surface area contributed by atoms with Crippen molar-refractivity contribution >= 4 is 17.2 Å². The largest absolute Gasteiger partial charge is 0.378 e. The Labute approximate surface area is 165 Å². The fourth-order valence-electron chi connectivity index (χ4n) is 3.59. The quantitative estimate of drug-likeness (QED) is 0.742. The van der Waals surface area contributed by atoms with Crippen molar-refractivity contribution < 1.29 is 9.53 Å². The van der Waals surface area contributed by atoms with Gasteiger partial charge >= 0.3 is 0 Å². The third-order valence-corrected chi connectivity index (χ3v) is 5.17. The number of carbonyl (C=O) groups excluding carboxylic acids is 1. The van der Waals surface area contributed by atoms with Gasteiger partial charge in [0.2, 0.25) is 0 Å². The Morgan fingerprint density at radius 1 is 1.18 bits per heavy atom. The molecular weight excluding hydrogens is 352 g/mol. The van der Waals surface area contributed by atoms with Crippen LogP contribution < -0.4 is 10.2 Å². The summed E-state index contributed by atoms with van der Waals surface area (Å²) in [7, 11) is 0. The van der Waals surface area contributed by atoms with Crippen LogP contribution in [0.25, 0.3) is 5.65 Å². The zero-order valence-electron chi connectivity index (χ0n) is 16.4. The van der Waals surface area contributed by atoms with Crippen LogP contribution in [0.2, 0.25) is 0 Å². The highest BCUT2D eigenvalue weighted by atomic mass is 16.5. The minimum absolute atomic E-state index is 0.0922. The van der Waals surface area contributed by atoms with E-state index in [9.17, 15) is 4.79 Å². The molecule has 6 nitrogen and oxygen atoms in total. The molecule has 0 spiro atoms. The summed E-state index contributed by atoms with van der Waals surface area (Å²) in [5, 5.41) is 3.05. The van der Waals surface area contributed by atoms with E-state index in [1.807, 2.05) is 36.6 Å². The van der Waals surface area contributed by atoms with E-state index in [-0.39, 0.29) is 5.91 Å². The molecule has 2 aromatic heterocycles. The Balaban J connectivity index is 1.46. The van der Waals surface area contributed by atoms with Crippen molar-refractivity contribution in [2.75, 3.05) is 31.2 Å². The highest BCUT2D eigenvalue weighted by Crippen LogP contribution is 2.18. The summed E-state index contributed by atoms with van der Waals surface area (Å²) in [6, 6.07) is 12.4. The molecule has 28 heavy (non-hydrogen) atoms. The summed E-state index contributed by atoms with van der Waals surface area (Å²) in [5.74, 6) is -0.0922. The Hall–Kier alpha value is -2.86. The van der Waals surface area contributed by atoms with Crippen molar-refractivity contribution in [3.05, 3.63) is 65.1 Å². The van der Waals surface area contributed by atoms with Gasteiger partial charge in [-0.3, -0.25) is 9.20 Å². The number of amides is 1. The number of anilines is 1.